The molecule has 174 valence electrons. The molecule has 6 nitrogen and oxygen atoms in total. The third-order valence-corrected chi connectivity index (χ3v) is 6.43. The first kappa shape index (κ1) is 22.0. The highest BCUT2D eigenvalue weighted by molar-refractivity contribution is 5.94. The number of anilines is 3. The summed E-state index contributed by atoms with van der Waals surface area (Å²) in [7, 11) is 0. The quantitative estimate of drug-likeness (QED) is 0.473. The van der Waals surface area contributed by atoms with Gasteiger partial charge in [0.2, 0.25) is 11.8 Å². The monoisotopic (exact) mass is 455 g/mol. The molecule has 0 unspecified atom stereocenters. The van der Waals surface area contributed by atoms with Crippen molar-refractivity contribution in [2.45, 2.75) is 38.6 Å². The van der Waals surface area contributed by atoms with E-state index in [4.69, 9.17) is 4.74 Å². The summed E-state index contributed by atoms with van der Waals surface area (Å²) >= 11 is 0. The zero-order chi connectivity index (χ0) is 23.3. The fourth-order valence-corrected chi connectivity index (χ4v) is 4.64. The molecular weight excluding hydrogens is 426 g/mol. The average Bonchev–Trinajstić information content (AvgIpc) is 3.26. The summed E-state index contributed by atoms with van der Waals surface area (Å²) in [6.45, 7) is 2.23. The molecule has 2 heterocycles. The number of nitrogens with one attached hydrogen (secondary N) is 2. The third-order valence-electron chi connectivity index (χ3n) is 6.43. The highest BCUT2D eigenvalue weighted by Gasteiger charge is 2.19. The van der Waals surface area contributed by atoms with Crippen molar-refractivity contribution in [3.8, 4) is 5.75 Å². The van der Waals surface area contributed by atoms with Gasteiger partial charge >= 0.3 is 0 Å². The lowest BCUT2D eigenvalue weighted by molar-refractivity contribution is -0.117. The molecule has 0 radical (unpaired) electrons. The number of fused-ring (bicyclic) bond motifs is 2. The summed E-state index contributed by atoms with van der Waals surface area (Å²) in [6, 6.07) is 22.3. The first-order chi connectivity index (χ1) is 16.7. The average molecular weight is 456 g/mol. The lowest BCUT2D eigenvalue weighted by atomic mass is 10.0. The molecule has 0 fully saturated rings. The largest absolute Gasteiger partial charge is 0.494 e. The molecule has 0 aromatic heterocycles. The molecule has 6 heteroatoms. The van der Waals surface area contributed by atoms with E-state index < -0.39 is 0 Å². The van der Waals surface area contributed by atoms with Crippen molar-refractivity contribution in [1.82, 2.24) is 0 Å². The Bertz CT molecular complexity index is 1210. The predicted octanol–water partition coefficient (Wildman–Crippen LogP) is 4.93. The van der Waals surface area contributed by atoms with Crippen molar-refractivity contribution in [3.63, 3.8) is 0 Å². The Labute approximate surface area is 199 Å². The van der Waals surface area contributed by atoms with E-state index in [1.54, 1.807) is 0 Å². The molecule has 0 saturated carbocycles. The molecule has 2 aliphatic rings. The van der Waals surface area contributed by atoms with Gasteiger partial charge in [-0.15, -0.1) is 0 Å². The minimum atomic E-state index is -0.00831. The second-order valence-corrected chi connectivity index (χ2v) is 8.82. The van der Waals surface area contributed by atoms with Crippen molar-refractivity contribution in [3.05, 3.63) is 83.4 Å². The maximum atomic E-state index is 12.6. The SMILES string of the molecule is O=C1CCc2cc(OCCCC(=O)Nc3ccccc3CN3CCc4ccccc43)ccc2N1. The van der Waals surface area contributed by atoms with Crippen LogP contribution >= 0.6 is 0 Å². The van der Waals surface area contributed by atoms with E-state index >= 15 is 0 Å². The fraction of sp³-hybridized carbons (Fsp3) is 0.286. The summed E-state index contributed by atoms with van der Waals surface area (Å²) in [5.74, 6) is 0.816. The van der Waals surface area contributed by atoms with Crippen molar-refractivity contribution < 1.29 is 14.3 Å². The van der Waals surface area contributed by atoms with Gasteiger partial charge in [0, 0.05) is 43.0 Å². The molecule has 0 spiro atoms. The topological polar surface area (TPSA) is 70.7 Å². The molecule has 0 bridgehead atoms. The van der Waals surface area contributed by atoms with Crippen LogP contribution in [0.4, 0.5) is 17.1 Å². The van der Waals surface area contributed by atoms with Crippen LogP contribution in [-0.2, 0) is 29.0 Å². The molecule has 0 aliphatic carbocycles. The first-order valence-corrected chi connectivity index (χ1v) is 11.9. The van der Waals surface area contributed by atoms with E-state index in [-0.39, 0.29) is 11.8 Å². The van der Waals surface area contributed by atoms with Gasteiger partial charge in [0.25, 0.3) is 0 Å². The molecular formula is C28H29N3O3. The van der Waals surface area contributed by atoms with Gasteiger partial charge < -0.3 is 20.3 Å². The summed E-state index contributed by atoms with van der Waals surface area (Å²) in [4.78, 5) is 26.5. The Morgan fingerprint density at radius 3 is 2.76 bits per heavy atom. The van der Waals surface area contributed by atoms with Gasteiger partial charge in [0.05, 0.1) is 6.61 Å². The number of carbonyl (C=O) groups excluding carboxylic acids is 2. The van der Waals surface area contributed by atoms with Gasteiger partial charge in [0.15, 0.2) is 0 Å². The summed E-state index contributed by atoms with van der Waals surface area (Å²) < 4.78 is 5.85. The lowest BCUT2D eigenvalue weighted by Gasteiger charge is -2.21. The Morgan fingerprint density at radius 2 is 1.82 bits per heavy atom. The van der Waals surface area contributed by atoms with Crippen LogP contribution in [0.3, 0.4) is 0 Å². The number of para-hydroxylation sites is 2. The van der Waals surface area contributed by atoms with E-state index in [0.29, 0.717) is 25.9 Å². The first-order valence-electron chi connectivity index (χ1n) is 11.9. The molecule has 0 saturated heterocycles. The number of aryl methyl sites for hydroxylation is 1. The molecule has 3 aromatic rings. The van der Waals surface area contributed by atoms with Crippen LogP contribution in [0.2, 0.25) is 0 Å². The van der Waals surface area contributed by atoms with Gasteiger partial charge in [-0.05, 0) is 66.3 Å². The number of ether oxygens (including phenoxy) is 1. The Balaban J connectivity index is 1.12. The van der Waals surface area contributed by atoms with Gasteiger partial charge in [-0.25, -0.2) is 0 Å². The van der Waals surface area contributed by atoms with Gasteiger partial charge in [-0.1, -0.05) is 36.4 Å². The highest BCUT2D eigenvalue weighted by Crippen LogP contribution is 2.30. The maximum Gasteiger partial charge on any atom is 0.224 e. The van der Waals surface area contributed by atoms with Crippen LogP contribution in [0.15, 0.2) is 66.7 Å². The van der Waals surface area contributed by atoms with Gasteiger partial charge in [-0.3, -0.25) is 9.59 Å². The van der Waals surface area contributed by atoms with Crippen LogP contribution in [0, 0.1) is 0 Å². The second-order valence-electron chi connectivity index (χ2n) is 8.82. The van der Waals surface area contributed by atoms with Crippen molar-refractivity contribution in [2.75, 3.05) is 28.7 Å². The Hall–Kier alpha value is -3.80. The highest BCUT2D eigenvalue weighted by atomic mass is 16.5. The molecule has 3 aromatic carbocycles. The van der Waals surface area contributed by atoms with Gasteiger partial charge in [-0.2, -0.15) is 0 Å². The second kappa shape index (κ2) is 10.00. The van der Waals surface area contributed by atoms with Crippen LogP contribution in [0.25, 0.3) is 0 Å². The number of rotatable bonds is 8. The van der Waals surface area contributed by atoms with Crippen molar-refractivity contribution in [1.29, 1.82) is 0 Å². The van der Waals surface area contributed by atoms with Crippen LogP contribution in [0.5, 0.6) is 5.75 Å². The normalized spacial score (nSPS) is 14.2. The zero-order valence-corrected chi connectivity index (χ0v) is 19.2. The molecule has 2 amide bonds. The smallest absolute Gasteiger partial charge is 0.224 e. The Kier molecular flexibility index (Phi) is 6.47. The minimum absolute atomic E-state index is 0.00831. The number of amides is 2. The summed E-state index contributed by atoms with van der Waals surface area (Å²) in [5, 5.41) is 5.96. The molecule has 5 rings (SSSR count). The Morgan fingerprint density at radius 1 is 0.971 bits per heavy atom. The van der Waals surface area contributed by atoms with E-state index in [0.717, 1.165) is 54.2 Å². The third kappa shape index (κ3) is 5.06. The fourth-order valence-electron chi connectivity index (χ4n) is 4.64. The predicted molar refractivity (Wildman–Crippen MR) is 134 cm³/mol. The van der Waals surface area contributed by atoms with Gasteiger partial charge in [0.1, 0.15) is 5.75 Å². The standard InChI is InChI=1S/C28H29N3O3/c32-27(10-5-17-34-23-12-13-25-21(18-23)11-14-28(33)30-25)29-24-8-3-1-7-22(24)19-31-16-15-20-6-2-4-9-26(20)31/h1-4,6-9,12-13,18H,5,10-11,14-17,19H2,(H,29,32)(H,30,33). The van der Waals surface area contributed by atoms with E-state index in [1.165, 1.54) is 11.3 Å². The number of nitrogens with zero attached hydrogens (tertiary/aromatic N) is 1. The van der Waals surface area contributed by atoms with Crippen molar-refractivity contribution in [2.24, 2.45) is 0 Å². The zero-order valence-electron chi connectivity index (χ0n) is 19.2. The number of benzene rings is 3. The lowest BCUT2D eigenvalue weighted by Crippen LogP contribution is -2.21. The molecule has 2 N–H and O–H groups in total. The van der Waals surface area contributed by atoms with Crippen molar-refractivity contribution >= 4 is 28.9 Å². The van der Waals surface area contributed by atoms with Crippen LogP contribution in [0.1, 0.15) is 36.0 Å². The van der Waals surface area contributed by atoms with Crippen LogP contribution < -0.4 is 20.3 Å². The number of hydrogen-bond donors (Lipinski definition) is 2. The molecule has 34 heavy (non-hydrogen) atoms. The minimum Gasteiger partial charge on any atom is -0.494 e. The number of carbonyl (C=O) groups is 2. The molecule has 2 aliphatic heterocycles. The summed E-state index contributed by atoms with van der Waals surface area (Å²) in [5.41, 5.74) is 6.60. The summed E-state index contributed by atoms with van der Waals surface area (Å²) in [6.07, 6.45) is 3.30. The van der Waals surface area contributed by atoms with Crippen LogP contribution in [-0.4, -0.2) is 25.0 Å². The maximum absolute atomic E-state index is 12.6. The molecule has 0 atom stereocenters. The van der Waals surface area contributed by atoms with E-state index in [1.807, 2.05) is 36.4 Å². The van der Waals surface area contributed by atoms with E-state index in [2.05, 4.69) is 45.9 Å². The van der Waals surface area contributed by atoms with E-state index in [9.17, 15) is 9.59 Å². The number of hydrogen-bond acceptors (Lipinski definition) is 4.